The first-order valence-electron chi connectivity index (χ1n) is 7.25. The molecule has 0 bridgehead atoms. The third-order valence-corrected chi connectivity index (χ3v) is 4.31. The zero-order valence-electron chi connectivity index (χ0n) is 12.2. The van der Waals surface area contributed by atoms with E-state index in [0.717, 1.165) is 11.1 Å². The van der Waals surface area contributed by atoms with Crippen LogP contribution in [-0.2, 0) is 16.0 Å². The van der Waals surface area contributed by atoms with E-state index in [1.807, 2.05) is 24.3 Å². The van der Waals surface area contributed by atoms with Gasteiger partial charge < -0.3 is 15.7 Å². The van der Waals surface area contributed by atoms with Gasteiger partial charge in [-0.05, 0) is 11.1 Å². The molecule has 0 spiro atoms. The van der Waals surface area contributed by atoms with E-state index in [1.165, 1.54) is 16.8 Å². The summed E-state index contributed by atoms with van der Waals surface area (Å²) in [5, 5.41) is 23.2. The van der Waals surface area contributed by atoms with Gasteiger partial charge in [0.25, 0.3) is 0 Å². The normalized spacial score (nSPS) is 19.2. The average molecular weight is 332 g/mol. The van der Waals surface area contributed by atoms with Crippen molar-refractivity contribution in [2.24, 2.45) is 0 Å². The Morgan fingerprint density at radius 2 is 2.04 bits per heavy atom. The molecule has 0 saturated heterocycles. The van der Waals surface area contributed by atoms with Gasteiger partial charge in [-0.2, -0.15) is 0 Å². The zero-order valence-corrected chi connectivity index (χ0v) is 13.0. The number of carbonyl (C=O) groups is 2. The number of amides is 2. The van der Waals surface area contributed by atoms with Crippen LogP contribution in [0.2, 0.25) is 0 Å². The first-order valence-corrected chi connectivity index (χ1v) is 8.12. The third-order valence-electron chi connectivity index (χ3n) is 3.71. The van der Waals surface area contributed by atoms with Crippen LogP contribution in [0, 0.1) is 0 Å². The van der Waals surface area contributed by atoms with Crippen molar-refractivity contribution in [3.8, 4) is 0 Å². The Balaban J connectivity index is 1.51. The van der Waals surface area contributed by atoms with Crippen LogP contribution in [0.5, 0.6) is 0 Å². The number of hydrogen-bond donors (Lipinski definition) is 3. The number of aliphatic hydroxyl groups excluding tert-OH is 1. The van der Waals surface area contributed by atoms with Gasteiger partial charge in [-0.15, -0.1) is 10.2 Å². The number of carbonyl (C=O) groups excluding carboxylic acids is 2. The highest BCUT2D eigenvalue weighted by Gasteiger charge is 2.31. The quantitative estimate of drug-likeness (QED) is 0.759. The number of nitrogens with one attached hydrogen (secondary N) is 2. The standard InChI is InChI=1S/C15H16N4O3S/c20-11-7-9-3-1-2-4-10(9)14(11)17-12(21)5-6-13(22)18-15-19-16-8-23-15/h1-4,8,11,14,20H,5-7H2,(H,17,21)(H,18,19,22)/t11-,14-/m1/s1. The minimum atomic E-state index is -0.633. The van der Waals surface area contributed by atoms with Crippen LogP contribution in [0.3, 0.4) is 0 Å². The maximum Gasteiger partial charge on any atom is 0.226 e. The number of fused-ring (bicyclic) bond motifs is 1. The number of rotatable bonds is 5. The molecule has 120 valence electrons. The number of benzene rings is 1. The molecule has 0 saturated carbocycles. The zero-order chi connectivity index (χ0) is 16.2. The summed E-state index contributed by atoms with van der Waals surface area (Å²) in [7, 11) is 0. The van der Waals surface area contributed by atoms with E-state index in [9.17, 15) is 14.7 Å². The van der Waals surface area contributed by atoms with Crippen molar-refractivity contribution in [3.63, 3.8) is 0 Å². The van der Waals surface area contributed by atoms with E-state index in [2.05, 4.69) is 20.8 Å². The Labute approximate surface area is 136 Å². The highest BCUT2D eigenvalue weighted by molar-refractivity contribution is 7.13. The van der Waals surface area contributed by atoms with Crippen LogP contribution in [0.25, 0.3) is 0 Å². The second-order valence-electron chi connectivity index (χ2n) is 5.31. The van der Waals surface area contributed by atoms with Crippen molar-refractivity contribution in [3.05, 3.63) is 40.9 Å². The maximum atomic E-state index is 12.0. The second kappa shape index (κ2) is 6.84. The highest BCUT2D eigenvalue weighted by atomic mass is 32.1. The van der Waals surface area contributed by atoms with Crippen molar-refractivity contribution >= 4 is 28.3 Å². The van der Waals surface area contributed by atoms with Crippen LogP contribution in [-0.4, -0.2) is 33.2 Å². The lowest BCUT2D eigenvalue weighted by Crippen LogP contribution is -2.34. The van der Waals surface area contributed by atoms with E-state index in [1.54, 1.807) is 0 Å². The fourth-order valence-corrected chi connectivity index (χ4v) is 3.09. The summed E-state index contributed by atoms with van der Waals surface area (Å²) in [5.41, 5.74) is 3.49. The third kappa shape index (κ3) is 3.72. The predicted molar refractivity (Wildman–Crippen MR) is 84.8 cm³/mol. The molecule has 1 heterocycles. The number of aromatic nitrogens is 2. The van der Waals surface area contributed by atoms with Gasteiger partial charge in [0.05, 0.1) is 12.1 Å². The summed E-state index contributed by atoms with van der Waals surface area (Å²) in [4.78, 5) is 23.7. The van der Waals surface area contributed by atoms with Gasteiger partial charge in [0, 0.05) is 19.3 Å². The molecule has 0 fully saturated rings. The summed E-state index contributed by atoms with van der Waals surface area (Å²) in [6.45, 7) is 0. The van der Waals surface area contributed by atoms with Crippen molar-refractivity contribution < 1.29 is 14.7 Å². The van der Waals surface area contributed by atoms with Crippen LogP contribution in [0.4, 0.5) is 5.13 Å². The molecule has 2 aromatic rings. The minimum absolute atomic E-state index is 0.0515. The first-order chi connectivity index (χ1) is 11.1. The lowest BCUT2D eigenvalue weighted by Gasteiger charge is -2.17. The minimum Gasteiger partial charge on any atom is -0.390 e. The van der Waals surface area contributed by atoms with Crippen LogP contribution in [0.15, 0.2) is 29.8 Å². The van der Waals surface area contributed by atoms with Gasteiger partial charge in [-0.3, -0.25) is 9.59 Å². The largest absolute Gasteiger partial charge is 0.390 e. The molecule has 1 aliphatic carbocycles. The molecule has 7 nitrogen and oxygen atoms in total. The summed E-state index contributed by atoms with van der Waals surface area (Å²) >= 11 is 1.22. The lowest BCUT2D eigenvalue weighted by molar-refractivity contribution is -0.125. The van der Waals surface area contributed by atoms with E-state index < -0.39 is 12.1 Å². The molecule has 0 aliphatic heterocycles. The summed E-state index contributed by atoms with van der Waals surface area (Å²) in [6.07, 6.45) is -0.00329. The average Bonchev–Trinajstić information content (AvgIpc) is 3.14. The van der Waals surface area contributed by atoms with Gasteiger partial charge in [0.2, 0.25) is 16.9 Å². The molecule has 3 rings (SSSR count). The molecule has 0 unspecified atom stereocenters. The van der Waals surface area contributed by atoms with Gasteiger partial charge >= 0.3 is 0 Å². The Kier molecular flexibility index (Phi) is 4.63. The molecule has 1 aromatic heterocycles. The van der Waals surface area contributed by atoms with Crippen molar-refractivity contribution in [1.82, 2.24) is 15.5 Å². The predicted octanol–water partition coefficient (Wildman–Crippen LogP) is 1.03. The smallest absolute Gasteiger partial charge is 0.226 e. The topological polar surface area (TPSA) is 104 Å². The number of nitrogens with zero attached hydrogens (tertiary/aromatic N) is 2. The fourth-order valence-electron chi connectivity index (χ4n) is 2.63. The van der Waals surface area contributed by atoms with Gasteiger partial charge in [0.1, 0.15) is 5.51 Å². The van der Waals surface area contributed by atoms with Crippen molar-refractivity contribution in [1.29, 1.82) is 0 Å². The molecular weight excluding hydrogens is 316 g/mol. The number of anilines is 1. The highest BCUT2D eigenvalue weighted by Crippen LogP contribution is 2.31. The lowest BCUT2D eigenvalue weighted by atomic mass is 10.1. The molecule has 1 aromatic carbocycles. The molecule has 1 aliphatic rings. The summed E-state index contributed by atoms with van der Waals surface area (Å²) in [6, 6.07) is 7.22. The van der Waals surface area contributed by atoms with Crippen LogP contribution >= 0.6 is 11.3 Å². The molecule has 8 heteroatoms. The second-order valence-corrected chi connectivity index (χ2v) is 6.14. The monoisotopic (exact) mass is 332 g/mol. The molecule has 2 atom stereocenters. The maximum absolute atomic E-state index is 12.0. The van der Waals surface area contributed by atoms with E-state index in [4.69, 9.17) is 0 Å². The Morgan fingerprint density at radius 3 is 2.83 bits per heavy atom. The number of hydrogen-bond acceptors (Lipinski definition) is 6. The first kappa shape index (κ1) is 15.6. The van der Waals surface area contributed by atoms with E-state index in [0.29, 0.717) is 11.6 Å². The van der Waals surface area contributed by atoms with Crippen molar-refractivity contribution in [2.45, 2.75) is 31.4 Å². The van der Waals surface area contributed by atoms with E-state index >= 15 is 0 Å². The van der Waals surface area contributed by atoms with Crippen LogP contribution in [0.1, 0.15) is 30.0 Å². The molecular formula is C15H16N4O3S. The molecule has 3 N–H and O–H groups in total. The summed E-state index contributed by atoms with van der Waals surface area (Å²) < 4.78 is 0. The van der Waals surface area contributed by atoms with Crippen LogP contribution < -0.4 is 10.6 Å². The SMILES string of the molecule is O=C(CCC(=O)N[C@@H]1c2ccccc2C[C@H]1O)Nc1nncs1. The van der Waals surface area contributed by atoms with Gasteiger partial charge in [0.15, 0.2) is 0 Å². The number of aliphatic hydroxyl groups is 1. The molecule has 23 heavy (non-hydrogen) atoms. The Hall–Kier alpha value is -2.32. The van der Waals surface area contributed by atoms with Crippen molar-refractivity contribution in [2.75, 3.05) is 5.32 Å². The van der Waals surface area contributed by atoms with Gasteiger partial charge in [-0.25, -0.2) is 0 Å². The molecule has 0 radical (unpaired) electrons. The van der Waals surface area contributed by atoms with E-state index in [-0.39, 0.29) is 24.7 Å². The Bertz CT molecular complexity index is 705. The fraction of sp³-hybridized carbons (Fsp3) is 0.333. The summed E-state index contributed by atoms with van der Waals surface area (Å²) in [5.74, 6) is -0.553. The van der Waals surface area contributed by atoms with Gasteiger partial charge in [-0.1, -0.05) is 35.6 Å². The Morgan fingerprint density at radius 1 is 1.26 bits per heavy atom. The molecule has 2 amide bonds.